The SMILES string of the molecule is C[C@@H](NC1CCSc2c(F)cccc21)c1ccco1. The third kappa shape index (κ3) is 2.55. The number of nitrogens with one attached hydrogen (secondary N) is 1. The van der Waals surface area contributed by atoms with Crippen LogP contribution in [0.3, 0.4) is 0 Å². The lowest BCUT2D eigenvalue weighted by Crippen LogP contribution is -2.27. The molecular weight excluding hydrogens is 261 g/mol. The first-order valence-corrected chi connectivity index (χ1v) is 7.45. The van der Waals surface area contributed by atoms with Crippen LogP contribution in [-0.4, -0.2) is 5.75 Å². The first-order valence-electron chi connectivity index (χ1n) is 6.46. The fourth-order valence-electron chi connectivity index (χ4n) is 2.48. The van der Waals surface area contributed by atoms with E-state index in [0.717, 1.165) is 28.4 Å². The predicted molar refractivity (Wildman–Crippen MR) is 74.7 cm³/mol. The number of halogens is 1. The van der Waals surface area contributed by atoms with Gasteiger partial charge in [-0.3, -0.25) is 0 Å². The van der Waals surface area contributed by atoms with Crippen LogP contribution in [0.1, 0.15) is 36.8 Å². The normalized spacial score (nSPS) is 20.0. The maximum atomic E-state index is 13.8. The quantitative estimate of drug-likeness (QED) is 0.905. The number of furan rings is 1. The van der Waals surface area contributed by atoms with Gasteiger partial charge in [-0.2, -0.15) is 0 Å². The van der Waals surface area contributed by atoms with E-state index in [1.54, 1.807) is 24.1 Å². The average Bonchev–Trinajstić information content (AvgIpc) is 2.94. The van der Waals surface area contributed by atoms with Crippen molar-refractivity contribution in [3.63, 3.8) is 0 Å². The second-order valence-corrected chi connectivity index (χ2v) is 5.86. The molecule has 4 heteroatoms. The van der Waals surface area contributed by atoms with Crippen LogP contribution in [0.25, 0.3) is 0 Å². The number of rotatable bonds is 3. The molecule has 0 radical (unpaired) electrons. The molecule has 1 aromatic carbocycles. The molecule has 0 bridgehead atoms. The standard InChI is InChI=1S/C15H16FNOS/c1-10(14-6-3-8-18-14)17-13-7-9-19-15-11(13)4-2-5-12(15)16/h2-6,8,10,13,17H,7,9H2,1H3/t10-,13?/m1/s1. The van der Waals surface area contributed by atoms with Gasteiger partial charge in [0, 0.05) is 10.9 Å². The van der Waals surface area contributed by atoms with Crippen molar-refractivity contribution in [2.75, 3.05) is 5.75 Å². The predicted octanol–water partition coefficient (Wildman–Crippen LogP) is 4.31. The maximum Gasteiger partial charge on any atom is 0.137 e. The minimum Gasteiger partial charge on any atom is -0.468 e. The molecule has 1 unspecified atom stereocenters. The molecule has 1 aliphatic heterocycles. The Bertz CT molecular complexity index is 555. The summed E-state index contributed by atoms with van der Waals surface area (Å²) in [5, 5.41) is 3.53. The van der Waals surface area contributed by atoms with Crippen LogP contribution in [-0.2, 0) is 0 Å². The van der Waals surface area contributed by atoms with Crippen molar-refractivity contribution in [2.24, 2.45) is 0 Å². The Morgan fingerprint density at radius 3 is 3.05 bits per heavy atom. The van der Waals surface area contributed by atoms with Gasteiger partial charge in [0.1, 0.15) is 11.6 Å². The molecule has 2 heterocycles. The van der Waals surface area contributed by atoms with Crippen LogP contribution in [0.4, 0.5) is 4.39 Å². The van der Waals surface area contributed by atoms with E-state index in [-0.39, 0.29) is 17.9 Å². The summed E-state index contributed by atoms with van der Waals surface area (Å²) in [4.78, 5) is 0.790. The Hall–Kier alpha value is -1.26. The summed E-state index contributed by atoms with van der Waals surface area (Å²) in [5.74, 6) is 1.74. The van der Waals surface area contributed by atoms with Gasteiger partial charge >= 0.3 is 0 Å². The average molecular weight is 277 g/mol. The molecule has 0 saturated heterocycles. The third-order valence-electron chi connectivity index (χ3n) is 3.45. The number of hydrogen-bond donors (Lipinski definition) is 1. The smallest absolute Gasteiger partial charge is 0.137 e. The zero-order valence-corrected chi connectivity index (χ0v) is 11.5. The highest BCUT2D eigenvalue weighted by molar-refractivity contribution is 7.99. The van der Waals surface area contributed by atoms with Gasteiger partial charge in [-0.05, 0) is 42.9 Å². The molecule has 0 amide bonds. The maximum absolute atomic E-state index is 13.8. The lowest BCUT2D eigenvalue weighted by Gasteiger charge is -2.28. The Labute approximate surface area is 116 Å². The van der Waals surface area contributed by atoms with Crippen molar-refractivity contribution in [3.05, 3.63) is 53.7 Å². The van der Waals surface area contributed by atoms with Crippen molar-refractivity contribution in [1.29, 1.82) is 0 Å². The summed E-state index contributed by atoms with van der Waals surface area (Å²) in [7, 11) is 0. The Morgan fingerprint density at radius 1 is 1.37 bits per heavy atom. The second-order valence-electron chi connectivity index (χ2n) is 4.75. The fraction of sp³-hybridized carbons (Fsp3) is 0.333. The minimum atomic E-state index is -0.111. The monoisotopic (exact) mass is 277 g/mol. The summed E-state index contributed by atoms with van der Waals surface area (Å²) >= 11 is 1.61. The minimum absolute atomic E-state index is 0.111. The van der Waals surface area contributed by atoms with E-state index < -0.39 is 0 Å². The van der Waals surface area contributed by atoms with Crippen molar-refractivity contribution in [1.82, 2.24) is 5.32 Å². The molecule has 3 rings (SSSR count). The number of fused-ring (bicyclic) bond motifs is 1. The Kier molecular flexibility index (Phi) is 3.62. The molecule has 0 fully saturated rings. The van der Waals surface area contributed by atoms with Gasteiger partial charge in [0.25, 0.3) is 0 Å². The van der Waals surface area contributed by atoms with Gasteiger partial charge < -0.3 is 9.73 Å². The summed E-state index contributed by atoms with van der Waals surface area (Å²) < 4.78 is 19.2. The van der Waals surface area contributed by atoms with Crippen molar-refractivity contribution < 1.29 is 8.81 Å². The van der Waals surface area contributed by atoms with E-state index in [9.17, 15) is 4.39 Å². The molecule has 1 aromatic heterocycles. The molecule has 1 aliphatic rings. The summed E-state index contributed by atoms with van der Waals surface area (Å²) in [6.45, 7) is 2.07. The summed E-state index contributed by atoms with van der Waals surface area (Å²) in [5.41, 5.74) is 1.06. The van der Waals surface area contributed by atoms with Gasteiger partial charge in [-0.25, -0.2) is 4.39 Å². The first-order chi connectivity index (χ1) is 9.25. The number of thioether (sulfide) groups is 1. The van der Waals surface area contributed by atoms with E-state index in [2.05, 4.69) is 12.2 Å². The van der Waals surface area contributed by atoms with Gasteiger partial charge in [0.2, 0.25) is 0 Å². The van der Waals surface area contributed by atoms with Gasteiger partial charge in [0.05, 0.1) is 12.3 Å². The van der Waals surface area contributed by atoms with Crippen molar-refractivity contribution in [3.8, 4) is 0 Å². The van der Waals surface area contributed by atoms with Gasteiger partial charge in [-0.15, -0.1) is 11.8 Å². The zero-order valence-electron chi connectivity index (χ0n) is 10.7. The molecule has 0 saturated carbocycles. The van der Waals surface area contributed by atoms with Gasteiger partial charge in [-0.1, -0.05) is 12.1 Å². The van der Waals surface area contributed by atoms with E-state index >= 15 is 0 Å². The molecule has 100 valence electrons. The van der Waals surface area contributed by atoms with E-state index in [1.807, 2.05) is 18.2 Å². The van der Waals surface area contributed by atoms with Crippen LogP contribution >= 0.6 is 11.8 Å². The molecule has 2 atom stereocenters. The summed E-state index contributed by atoms with van der Waals surface area (Å²) in [6, 6.07) is 9.49. The van der Waals surface area contributed by atoms with Crippen LogP contribution in [0.5, 0.6) is 0 Å². The molecular formula is C15H16FNOS. The molecule has 1 N–H and O–H groups in total. The lowest BCUT2D eigenvalue weighted by molar-refractivity contribution is 0.382. The van der Waals surface area contributed by atoms with E-state index in [1.165, 1.54) is 6.07 Å². The van der Waals surface area contributed by atoms with Crippen molar-refractivity contribution in [2.45, 2.75) is 30.3 Å². The highest BCUT2D eigenvalue weighted by Gasteiger charge is 2.24. The Morgan fingerprint density at radius 2 is 2.26 bits per heavy atom. The third-order valence-corrected chi connectivity index (χ3v) is 4.61. The van der Waals surface area contributed by atoms with Gasteiger partial charge in [0.15, 0.2) is 0 Å². The van der Waals surface area contributed by atoms with E-state index in [4.69, 9.17) is 4.42 Å². The number of benzene rings is 1. The highest BCUT2D eigenvalue weighted by atomic mass is 32.2. The Balaban J connectivity index is 1.82. The molecule has 19 heavy (non-hydrogen) atoms. The van der Waals surface area contributed by atoms with Crippen LogP contribution < -0.4 is 5.32 Å². The largest absolute Gasteiger partial charge is 0.468 e. The second kappa shape index (κ2) is 5.39. The van der Waals surface area contributed by atoms with Crippen LogP contribution in [0.2, 0.25) is 0 Å². The van der Waals surface area contributed by atoms with Crippen LogP contribution in [0, 0.1) is 5.82 Å². The van der Waals surface area contributed by atoms with Crippen LogP contribution in [0.15, 0.2) is 45.9 Å². The van der Waals surface area contributed by atoms with Crippen molar-refractivity contribution >= 4 is 11.8 Å². The van der Waals surface area contributed by atoms with E-state index in [0.29, 0.717) is 0 Å². The molecule has 2 nitrogen and oxygen atoms in total. The fourth-order valence-corrected chi connectivity index (χ4v) is 3.62. The molecule has 2 aromatic rings. The topological polar surface area (TPSA) is 25.2 Å². The lowest BCUT2D eigenvalue weighted by atomic mass is 10.0. The zero-order chi connectivity index (χ0) is 13.2. The first kappa shape index (κ1) is 12.8. The molecule has 0 aliphatic carbocycles. The number of hydrogen-bond acceptors (Lipinski definition) is 3. The summed E-state index contributed by atoms with van der Waals surface area (Å²) in [6.07, 6.45) is 2.68. The molecule has 0 spiro atoms. The highest BCUT2D eigenvalue weighted by Crippen LogP contribution is 2.38.